The minimum absolute atomic E-state index is 0.215. The maximum Gasteiger partial charge on any atom is 0.710 e. The van der Waals surface area contributed by atoms with Crippen molar-refractivity contribution in [3.63, 3.8) is 0 Å². The van der Waals surface area contributed by atoms with Crippen molar-refractivity contribution in [3.8, 4) is 11.5 Å². The van der Waals surface area contributed by atoms with Crippen LogP contribution in [0.5, 0.6) is 11.5 Å². The summed E-state index contributed by atoms with van der Waals surface area (Å²) >= 11 is 0. The maximum atomic E-state index is 9.86. The Morgan fingerprint density at radius 2 is 1.84 bits per heavy atom. The number of rotatable bonds is 7. The van der Waals surface area contributed by atoms with Gasteiger partial charge in [-0.05, 0) is 79.9 Å². The van der Waals surface area contributed by atoms with Crippen LogP contribution in [0.3, 0.4) is 0 Å². The van der Waals surface area contributed by atoms with E-state index in [9.17, 15) is 5.02 Å². The predicted molar refractivity (Wildman–Crippen MR) is 97.6 cm³/mol. The van der Waals surface area contributed by atoms with Gasteiger partial charge in [-0.15, -0.1) is 6.58 Å². The molecule has 0 amide bonds. The van der Waals surface area contributed by atoms with Gasteiger partial charge >= 0.3 is 7.32 Å². The molecule has 0 unspecified atom stereocenters. The SMILES string of the molecule is C=CCOB(O)Oc1ccc(OC)c(C23CC4CC(CC(C4)C2)C3)c1. The third kappa shape index (κ3) is 3.20. The second-order valence-corrected chi connectivity index (χ2v) is 8.11. The van der Waals surface area contributed by atoms with Gasteiger partial charge in [0.05, 0.1) is 13.7 Å². The van der Waals surface area contributed by atoms with Crippen molar-refractivity contribution < 1.29 is 19.1 Å². The monoisotopic (exact) mass is 342 g/mol. The van der Waals surface area contributed by atoms with E-state index in [0.717, 1.165) is 23.5 Å². The Hall–Kier alpha value is -1.46. The standard InChI is InChI=1S/C20H27BO4/c1-3-6-24-21(22)25-17-4-5-19(23-2)18(10-17)20-11-14-7-15(12-20)9-16(8-14)13-20/h3-5,10,14-16,22H,1,6-9,11-13H2,2H3. The molecule has 1 N–H and O–H groups in total. The van der Waals surface area contributed by atoms with Crippen molar-refractivity contribution in [2.24, 2.45) is 17.8 Å². The van der Waals surface area contributed by atoms with Crippen LogP contribution in [0.25, 0.3) is 0 Å². The van der Waals surface area contributed by atoms with Crippen molar-refractivity contribution in [1.29, 1.82) is 0 Å². The Morgan fingerprint density at radius 3 is 2.40 bits per heavy atom. The van der Waals surface area contributed by atoms with E-state index in [1.54, 1.807) is 13.2 Å². The normalized spacial score (nSPS) is 32.5. The minimum atomic E-state index is -1.28. The molecule has 4 aliphatic rings. The average Bonchev–Trinajstić information content (AvgIpc) is 2.59. The zero-order valence-electron chi connectivity index (χ0n) is 14.9. The highest BCUT2D eigenvalue weighted by Gasteiger charge is 2.52. The second-order valence-electron chi connectivity index (χ2n) is 8.11. The lowest BCUT2D eigenvalue weighted by Crippen LogP contribution is -2.48. The molecule has 0 heterocycles. The van der Waals surface area contributed by atoms with E-state index in [0.29, 0.717) is 5.75 Å². The molecule has 5 rings (SSSR count). The van der Waals surface area contributed by atoms with Crippen molar-refractivity contribution >= 4 is 7.32 Å². The van der Waals surface area contributed by atoms with Crippen LogP contribution in [0, 0.1) is 17.8 Å². The first-order valence-electron chi connectivity index (χ1n) is 9.37. The van der Waals surface area contributed by atoms with E-state index in [2.05, 4.69) is 12.6 Å². The maximum absolute atomic E-state index is 9.86. The van der Waals surface area contributed by atoms with Gasteiger partial charge in [-0.3, -0.25) is 0 Å². The van der Waals surface area contributed by atoms with Crippen LogP contribution in [0.1, 0.15) is 44.1 Å². The lowest BCUT2D eigenvalue weighted by atomic mass is 9.48. The van der Waals surface area contributed by atoms with Crippen LogP contribution < -0.4 is 9.39 Å². The third-order valence-corrected chi connectivity index (χ3v) is 6.37. The minimum Gasteiger partial charge on any atom is -0.512 e. The van der Waals surface area contributed by atoms with E-state index in [1.165, 1.54) is 44.1 Å². The molecule has 0 spiro atoms. The quantitative estimate of drug-likeness (QED) is 0.606. The largest absolute Gasteiger partial charge is 0.710 e. The van der Waals surface area contributed by atoms with E-state index < -0.39 is 7.32 Å². The molecule has 1 aromatic rings. The first kappa shape index (κ1) is 17.0. The van der Waals surface area contributed by atoms with Crippen molar-refractivity contribution in [3.05, 3.63) is 36.4 Å². The van der Waals surface area contributed by atoms with E-state index in [-0.39, 0.29) is 12.0 Å². The summed E-state index contributed by atoms with van der Waals surface area (Å²) in [7, 11) is 0.456. The molecule has 1 aromatic carbocycles. The topological polar surface area (TPSA) is 47.9 Å². The average molecular weight is 342 g/mol. The molecule has 4 fully saturated rings. The number of benzene rings is 1. The van der Waals surface area contributed by atoms with Gasteiger partial charge in [-0.2, -0.15) is 0 Å². The molecule has 0 aliphatic heterocycles. The Balaban J connectivity index is 1.62. The molecule has 4 aliphatic carbocycles. The zero-order chi connectivity index (χ0) is 17.4. The molecule has 134 valence electrons. The molecule has 0 radical (unpaired) electrons. The van der Waals surface area contributed by atoms with Crippen LogP contribution in [0.2, 0.25) is 0 Å². The molecule has 4 bridgehead atoms. The fourth-order valence-electron chi connectivity index (χ4n) is 5.92. The molecular weight excluding hydrogens is 315 g/mol. The Morgan fingerprint density at radius 1 is 1.20 bits per heavy atom. The summed E-state index contributed by atoms with van der Waals surface area (Å²) in [4.78, 5) is 0. The summed E-state index contributed by atoms with van der Waals surface area (Å²) < 4.78 is 16.4. The van der Waals surface area contributed by atoms with Gasteiger partial charge in [-0.1, -0.05) is 6.08 Å². The summed E-state index contributed by atoms with van der Waals surface area (Å²) in [5.41, 5.74) is 1.47. The van der Waals surface area contributed by atoms with Crippen LogP contribution in [0.15, 0.2) is 30.9 Å². The molecule has 5 heteroatoms. The van der Waals surface area contributed by atoms with E-state index in [4.69, 9.17) is 14.0 Å². The second kappa shape index (κ2) is 6.69. The Kier molecular flexibility index (Phi) is 4.55. The highest BCUT2D eigenvalue weighted by molar-refractivity contribution is 6.35. The van der Waals surface area contributed by atoms with Crippen LogP contribution in [0.4, 0.5) is 0 Å². The lowest BCUT2D eigenvalue weighted by molar-refractivity contribution is -0.00624. The van der Waals surface area contributed by atoms with Gasteiger partial charge in [-0.25, -0.2) is 0 Å². The fourth-order valence-corrected chi connectivity index (χ4v) is 5.92. The number of methoxy groups -OCH3 is 1. The van der Waals surface area contributed by atoms with E-state index >= 15 is 0 Å². The van der Waals surface area contributed by atoms with Gasteiger partial charge in [0, 0.05) is 5.56 Å². The molecular formula is C20H27BO4. The summed E-state index contributed by atoms with van der Waals surface area (Å²) in [5.74, 6) is 4.16. The van der Waals surface area contributed by atoms with Gasteiger partial charge in [0.25, 0.3) is 0 Å². The highest BCUT2D eigenvalue weighted by Crippen LogP contribution is 2.62. The highest BCUT2D eigenvalue weighted by atomic mass is 16.7. The Bertz CT molecular complexity index is 609. The fraction of sp³-hybridized carbons (Fsp3) is 0.600. The predicted octanol–water partition coefficient (Wildman–Crippen LogP) is 3.72. The molecule has 25 heavy (non-hydrogen) atoms. The van der Waals surface area contributed by atoms with Crippen LogP contribution >= 0.6 is 0 Å². The zero-order valence-corrected chi connectivity index (χ0v) is 14.9. The van der Waals surface area contributed by atoms with Crippen LogP contribution in [-0.4, -0.2) is 26.1 Å². The molecule has 0 saturated heterocycles. The number of hydrogen-bond acceptors (Lipinski definition) is 4. The third-order valence-electron chi connectivity index (χ3n) is 6.37. The number of ether oxygens (including phenoxy) is 1. The summed E-state index contributed by atoms with van der Waals surface area (Å²) in [6, 6.07) is 5.86. The van der Waals surface area contributed by atoms with Crippen molar-refractivity contribution in [2.45, 2.75) is 43.9 Å². The van der Waals surface area contributed by atoms with E-state index in [1.807, 2.05) is 12.1 Å². The molecule has 0 aromatic heterocycles. The van der Waals surface area contributed by atoms with Gasteiger partial charge in [0.2, 0.25) is 0 Å². The smallest absolute Gasteiger partial charge is 0.512 e. The molecule has 4 saturated carbocycles. The molecule has 0 atom stereocenters. The van der Waals surface area contributed by atoms with Crippen molar-refractivity contribution in [1.82, 2.24) is 0 Å². The molecule has 4 nitrogen and oxygen atoms in total. The van der Waals surface area contributed by atoms with Crippen molar-refractivity contribution in [2.75, 3.05) is 13.7 Å². The summed E-state index contributed by atoms with van der Waals surface area (Å²) in [5, 5.41) is 9.86. The first-order chi connectivity index (χ1) is 12.1. The van der Waals surface area contributed by atoms with Gasteiger partial charge < -0.3 is 19.1 Å². The van der Waals surface area contributed by atoms with Gasteiger partial charge in [0.15, 0.2) is 0 Å². The summed E-state index contributed by atoms with van der Waals surface area (Å²) in [6.07, 6.45) is 9.59. The Labute approximate surface area is 150 Å². The van der Waals surface area contributed by atoms with Crippen LogP contribution in [-0.2, 0) is 10.1 Å². The first-order valence-corrected chi connectivity index (χ1v) is 9.37. The van der Waals surface area contributed by atoms with Gasteiger partial charge in [0.1, 0.15) is 11.5 Å². The number of hydrogen-bond donors (Lipinski definition) is 1. The summed E-state index contributed by atoms with van der Waals surface area (Å²) in [6.45, 7) is 3.82. The lowest BCUT2D eigenvalue weighted by Gasteiger charge is -2.57.